The largest absolute Gasteiger partial charge is 0.461 e. The van der Waals surface area contributed by atoms with Gasteiger partial charge in [-0.1, -0.05) is 41.6 Å². The SMILES string of the molecule is CCOC(=O)C1=NOCC1c1cccc(-c2ccc(S(N)(=O)=O)cc2)c1. The van der Waals surface area contributed by atoms with Crippen LogP contribution >= 0.6 is 0 Å². The van der Waals surface area contributed by atoms with Crippen LogP contribution in [-0.2, 0) is 24.4 Å². The molecule has 1 atom stereocenters. The van der Waals surface area contributed by atoms with Crippen LogP contribution in [0.2, 0.25) is 0 Å². The van der Waals surface area contributed by atoms with Gasteiger partial charge in [-0.15, -0.1) is 0 Å². The Hall–Kier alpha value is -2.71. The number of nitrogens with zero attached hydrogens (tertiary/aromatic N) is 1. The molecule has 0 fully saturated rings. The van der Waals surface area contributed by atoms with E-state index in [9.17, 15) is 13.2 Å². The fourth-order valence-corrected chi connectivity index (χ4v) is 3.25. The number of rotatable bonds is 5. The van der Waals surface area contributed by atoms with Crippen molar-refractivity contribution in [3.05, 3.63) is 54.1 Å². The zero-order valence-electron chi connectivity index (χ0n) is 14.1. The van der Waals surface area contributed by atoms with Crippen LogP contribution in [0.5, 0.6) is 0 Å². The van der Waals surface area contributed by atoms with Crippen LogP contribution in [0.1, 0.15) is 18.4 Å². The Bertz CT molecular complexity index is 952. The normalized spacial score (nSPS) is 16.7. The second-order valence-corrected chi connectivity index (χ2v) is 7.30. The van der Waals surface area contributed by atoms with Crippen LogP contribution in [-0.4, -0.2) is 33.3 Å². The van der Waals surface area contributed by atoms with Crippen molar-refractivity contribution in [1.29, 1.82) is 0 Å². The van der Waals surface area contributed by atoms with E-state index in [0.717, 1.165) is 16.7 Å². The van der Waals surface area contributed by atoms with Crippen LogP contribution in [0.3, 0.4) is 0 Å². The van der Waals surface area contributed by atoms with Crippen molar-refractivity contribution in [2.75, 3.05) is 13.2 Å². The third-order valence-corrected chi connectivity index (χ3v) is 4.95. The molecule has 0 spiro atoms. The monoisotopic (exact) mass is 374 g/mol. The summed E-state index contributed by atoms with van der Waals surface area (Å²) in [4.78, 5) is 17.2. The molecule has 1 unspecified atom stereocenters. The number of ether oxygens (including phenoxy) is 1. The summed E-state index contributed by atoms with van der Waals surface area (Å²) in [5.41, 5.74) is 2.81. The molecule has 2 N–H and O–H groups in total. The van der Waals surface area contributed by atoms with Gasteiger partial charge in [0.15, 0.2) is 5.71 Å². The maximum Gasteiger partial charge on any atom is 0.356 e. The van der Waals surface area contributed by atoms with Gasteiger partial charge in [0.1, 0.15) is 6.61 Å². The summed E-state index contributed by atoms with van der Waals surface area (Å²) in [6.07, 6.45) is 0. The van der Waals surface area contributed by atoms with E-state index >= 15 is 0 Å². The lowest BCUT2D eigenvalue weighted by Crippen LogP contribution is -2.23. The molecule has 0 aromatic heterocycles. The number of esters is 1. The molecule has 8 heteroatoms. The van der Waals surface area contributed by atoms with Crippen molar-refractivity contribution >= 4 is 21.7 Å². The molecule has 2 aromatic carbocycles. The number of hydrogen-bond acceptors (Lipinski definition) is 6. The first-order chi connectivity index (χ1) is 12.4. The predicted molar refractivity (Wildman–Crippen MR) is 96.0 cm³/mol. The summed E-state index contributed by atoms with van der Waals surface area (Å²) >= 11 is 0. The van der Waals surface area contributed by atoms with Crippen molar-refractivity contribution < 1.29 is 22.8 Å². The Morgan fingerprint density at radius 1 is 1.23 bits per heavy atom. The Labute approximate surface area is 151 Å². The number of sulfonamides is 1. The van der Waals surface area contributed by atoms with E-state index in [2.05, 4.69) is 5.16 Å². The third-order valence-electron chi connectivity index (χ3n) is 4.02. The van der Waals surface area contributed by atoms with Gasteiger partial charge in [0.05, 0.1) is 17.4 Å². The third kappa shape index (κ3) is 3.76. The average Bonchev–Trinajstić information content (AvgIpc) is 3.11. The van der Waals surface area contributed by atoms with Crippen molar-refractivity contribution in [2.24, 2.45) is 10.3 Å². The van der Waals surface area contributed by atoms with E-state index in [1.807, 2.05) is 24.3 Å². The summed E-state index contributed by atoms with van der Waals surface area (Å²) in [5.74, 6) is -0.796. The molecule has 0 saturated carbocycles. The first-order valence-corrected chi connectivity index (χ1v) is 9.55. The van der Waals surface area contributed by atoms with Gasteiger partial charge in [0.2, 0.25) is 10.0 Å². The quantitative estimate of drug-likeness (QED) is 0.806. The van der Waals surface area contributed by atoms with Crippen molar-refractivity contribution in [3.63, 3.8) is 0 Å². The van der Waals surface area contributed by atoms with E-state index in [0.29, 0.717) is 0 Å². The standard InChI is InChI=1S/C18H18N2O5S/c1-2-24-18(21)17-16(11-25-20-17)14-5-3-4-13(10-14)12-6-8-15(9-7-12)26(19,22)23/h3-10,16H,2,11H2,1H3,(H2,19,22,23). The van der Waals surface area contributed by atoms with Crippen LogP contribution < -0.4 is 5.14 Å². The van der Waals surface area contributed by atoms with Crippen molar-refractivity contribution in [1.82, 2.24) is 0 Å². The van der Waals surface area contributed by atoms with Gasteiger partial charge in [-0.2, -0.15) is 0 Å². The van der Waals surface area contributed by atoms with E-state index in [1.165, 1.54) is 12.1 Å². The van der Waals surface area contributed by atoms with E-state index in [4.69, 9.17) is 14.7 Å². The van der Waals surface area contributed by atoms with E-state index in [-0.39, 0.29) is 29.7 Å². The van der Waals surface area contributed by atoms with Gasteiger partial charge in [-0.25, -0.2) is 18.4 Å². The molecule has 1 aliphatic heterocycles. The highest BCUT2D eigenvalue weighted by atomic mass is 32.2. The highest BCUT2D eigenvalue weighted by Crippen LogP contribution is 2.28. The Morgan fingerprint density at radius 2 is 1.96 bits per heavy atom. The molecule has 3 rings (SSSR count). The lowest BCUT2D eigenvalue weighted by atomic mass is 9.92. The highest BCUT2D eigenvalue weighted by Gasteiger charge is 2.32. The molecule has 0 aliphatic carbocycles. The topological polar surface area (TPSA) is 108 Å². The molecule has 0 saturated heterocycles. The van der Waals surface area contributed by atoms with Crippen LogP contribution in [0.15, 0.2) is 58.6 Å². The van der Waals surface area contributed by atoms with Gasteiger partial charge in [0, 0.05) is 0 Å². The number of benzene rings is 2. The minimum Gasteiger partial charge on any atom is -0.461 e. The zero-order valence-corrected chi connectivity index (χ0v) is 14.9. The molecule has 0 radical (unpaired) electrons. The number of carbonyl (C=O) groups is 1. The lowest BCUT2D eigenvalue weighted by molar-refractivity contribution is -0.135. The summed E-state index contributed by atoms with van der Waals surface area (Å²) < 4.78 is 27.8. The summed E-state index contributed by atoms with van der Waals surface area (Å²) in [6.45, 7) is 2.26. The fourth-order valence-electron chi connectivity index (χ4n) is 2.73. The molecular weight excluding hydrogens is 356 g/mol. The van der Waals surface area contributed by atoms with Crippen LogP contribution in [0.25, 0.3) is 11.1 Å². The first kappa shape index (κ1) is 18.1. The Kier molecular flexibility index (Phi) is 5.06. The van der Waals surface area contributed by atoms with Gasteiger partial charge in [0.25, 0.3) is 0 Å². The molecule has 0 bridgehead atoms. The van der Waals surface area contributed by atoms with Crippen molar-refractivity contribution in [2.45, 2.75) is 17.7 Å². The Morgan fingerprint density at radius 3 is 2.62 bits per heavy atom. The molecule has 136 valence electrons. The highest BCUT2D eigenvalue weighted by molar-refractivity contribution is 7.89. The molecule has 1 heterocycles. The molecule has 0 amide bonds. The second kappa shape index (κ2) is 7.27. The zero-order chi connectivity index (χ0) is 18.7. The number of hydrogen-bond donors (Lipinski definition) is 1. The van der Waals surface area contributed by atoms with Crippen molar-refractivity contribution in [3.8, 4) is 11.1 Å². The molecule has 26 heavy (non-hydrogen) atoms. The number of primary sulfonamides is 1. The number of carbonyl (C=O) groups excluding carboxylic acids is 1. The number of nitrogens with two attached hydrogens (primary N) is 1. The lowest BCUT2D eigenvalue weighted by Gasteiger charge is -2.12. The average molecular weight is 374 g/mol. The maximum absolute atomic E-state index is 12.0. The number of oxime groups is 1. The molecule has 2 aromatic rings. The first-order valence-electron chi connectivity index (χ1n) is 8.00. The second-order valence-electron chi connectivity index (χ2n) is 5.74. The van der Waals surface area contributed by atoms with Gasteiger partial charge >= 0.3 is 5.97 Å². The van der Waals surface area contributed by atoms with Crippen LogP contribution in [0.4, 0.5) is 0 Å². The van der Waals surface area contributed by atoms with Crippen LogP contribution in [0, 0.1) is 0 Å². The summed E-state index contributed by atoms with van der Waals surface area (Å²) in [6, 6.07) is 13.8. The Balaban J connectivity index is 1.89. The smallest absolute Gasteiger partial charge is 0.356 e. The molecule has 7 nitrogen and oxygen atoms in total. The minimum absolute atomic E-state index is 0.0540. The summed E-state index contributed by atoms with van der Waals surface area (Å²) in [7, 11) is -3.73. The maximum atomic E-state index is 12.0. The van der Waals surface area contributed by atoms with Gasteiger partial charge in [-0.05, 0) is 35.7 Å². The van der Waals surface area contributed by atoms with Gasteiger partial charge < -0.3 is 9.57 Å². The summed E-state index contributed by atoms with van der Waals surface area (Å²) in [5, 5.41) is 8.94. The fraction of sp³-hybridized carbons (Fsp3) is 0.222. The van der Waals surface area contributed by atoms with E-state index < -0.39 is 16.0 Å². The molecule has 1 aliphatic rings. The van der Waals surface area contributed by atoms with Gasteiger partial charge in [-0.3, -0.25) is 0 Å². The minimum atomic E-state index is -3.73. The van der Waals surface area contributed by atoms with E-state index in [1.54, 1.807) is 19.1 Å². The predicted octanol–water partition coefficient (Wildman–Crippen LogP) is 2.03. The molecular formula is C18H18N2O5S.